The topological polar surface area (TPSA) is 122 Å². The molecule has 1 atom stereocenters. The first kappa shape index (κ1) is 16.7. The van der Waals surface area contributed by atoms with Gasteiger partial charge < -0.3 is 14.9 Å². The summed E-state index contributed by atoms with van der Waals surface area (Å²) in [5, 5.41) is 0.887. The molecule has 0 aliphatic carbocycles. The van der Waals surface area contributed by atoms with Crippen molar-refractivity contribution in [1.29, 1.82) is 0 Å². The van der Waals surface area contributed by atoms with Gasteiger partial charge in [0.25, 0.3) is 0 Å². The van der Waals surface area contributed by atoms with Crippen LogP contribution in [0.2, 0.25) is 0 Å². The second kappa shape index (κ2) is 6.38. The van der Waals surface area contributed by atoms with E-state index in [1.807, 2.05) is 24.3 Å². The van der Waals surface area contributed by atoms with Crippen molar-refractivity contribution in [3.8, 4) is 0 Å². The zero-order valence-corrected chi connectivity index (χ0v) is 12.1. The monoisotopic (exact) mass is 339 g/mol. The van der Waals surface area contributed by atoms with Crippen LogP contribution in [0.15, 0.2) is 30.5 Å². The van der Waals surface area contributed by atoms with Crippen molar-refractivity contribution < 1.29 is 39.0 Å². The molecule has 0 saturated heterocycles. The number of benzene rings is 1. The molecule has 1 aromatic heterocycles. The van der Waals surface area contributed by atoms with Crippen LogP contribution in [-0.4, -0.2) is 30.0 Å². The first-order valence-corrected chi connectivity index (χ1v) is 6.74. The van der Waals surface area contributed by atoms with Crippen molar-refractivity contribution in [1.82, 2.24) is 4.98 Å². The summed E-state index contributed by atoms with van der Waals surface area (Å²) in [7, 11) is -4.83. The number of carbonyl (C=O) groups excluding carboxylic acids is 1. The van der Waals surface area contributed by atoms with Gasteiger partial charge in [-0.3, -0.25) is 4.55 Å². The van der Waals surface area contributed by atoms with Crippen LogP contribution in [0.5, 0.6) is 0 Å². The number of rotatable bonds is 4. The molecule has 1 radical (unpaired) electrons. The number of aromatic nitrogens is 1. The summed E-state index contributed by atoms with van der Waals surface area (Å²) < 4.78 is 33.0. The predicted octanol–water partition coefficient (Wildman–Crippen LogP) is 0.381. The first-order chi connectivity index (χ1) is 8.87. The largest absolute Gasteiger partial charge is 0.449 e. The Morgan fingerprint density at radius 3 is 2.70 bits per heavy atom. The first-order valence-electron chi connectivity index (χ1n) is 5.38. The zero-order valence-electron chi connectivity index (χ0n) is 10.1. The number of nitrogens with two attached hydrogens (primary N) is 1. The van der Waals surface area contributed by atoms with E-state index in [9.17, 15) is 13.2 Å². The molecule has 2 rings (SSSR count). The molecule has 0 spiro atoms. The molecule has 1 heterocycles. The Kier molecular flexibility index (Phi) is 5.32. The van der Waals surface area contributed by atoms with E-state index in [-0.39, 0.29) is 23.5 Å². The summed E-state index contributed by atoms with van der Waals surface area (Å²) in [6.07, 6.45) is 1.78. The van der Waals surface area contributed by atoms with Crippen LogP contribution < -0.4 is 5.73 Å². The molecular weight excluding hydrogens is 327 g/mol. The number of para-hydroxylation sites is 1. The van der Waals surface area contributed by atoms with Gasteiger partial charge in [0.2, 0.25) is 0 Å². The van der Waals surface area contributed by atoms with Gasteiger partial charge in [-0.1, -0.05) is 18.2 Å². The maximum absolute atomic E-state index is 11.3. The summed E-state index contributed by atoms with van der Waals surface area (Å²) in [5.74, 6) is -1.20. The number of carbonyl (C=O) groups is 1. The number of nitrogens with one attached hydrogen (secondary N) is 1. The Bertz CT molecular complexity index is 712. The minimum Gasteiger partial charge on any atom is -0.361 e. The maximum atomic E-state index is 11.3. The Morgan fingerprint density at radius 2 is 2.05 bits per heavy atom. The molecule has 4 N–H and O–H groups in total. The van der Waals surface area contributed by atoms with Crippen molar-refractivity contribution in [3.63, 3.8) is 0 Å². The molecule has 9 heteroatoms. The summed E-state index contributed by atoms with van der Waals surface area (Å²) in [4.78, 5) is 14.3. The van der Waals surface area contributed by atoms with E-state index < -0.39 is 22.4 Å². The average Bonchev–Trinajstić information content (AvgIpc) is 2.70. The van der Waals surface area contributed by atoms with Gasteiger partial charge in [-0.25, -0.2) is 4.79 Å². The number of hydrogen-bond donors (Lipinski definition) is 3. The van der Waals surface area contributed by atoms with E-state index in [0.29, 0.717) is 0 Å². The molecule has 0 amide bonds. The van der Waals surface area contributed by atoms with Gasteiger partial charge in [-0.05, 0) is 11.6 Å². The third-order valence-corrected chi connectivity index (χ3v) is 2.98. The van der Waals surface area contributed by atoms with Crippen molar-refractivity contribution in [3.05, 3.63) is 36.0 Å². The molecule has 109 valence electrons. The minimum atomic E-state index is -4.83. The fourth-order valence-corrected chi connectivity index (χ4v) is 2.12. The van der Waals surface area contributed by atoms with Crippen LogP contribution in [0.1, 0.15) is 5.56 Å². The van der Waals surface area contributed by atoms with Crippen LogP contribution in [0, 0.1) is 0 Å². The molecular formula is C11H12MnN2O5S. The summed E-state index contributed by atoms with van der Waals surface area (Å²) in [5.41, 5.74) is 7.18. The van der Waals surface area contributed by atoms with E-state index in [1.54, 1.807) is 6.20 Å². The molecule has 0 unspecified atom stereocenters. The van der Waals surface area contributed by atoms with Gasteiger partial charge in [-0.15, -0.1) is 0 Å². The van der Waals surface area contributed by atoms with Crippen LogP contribution >= 0.6 is 0 Å². The normalized spacial score (nSPS) is 12.7. The molecule has 2 aromatic rings. The van der Waals surface area contributed by atoms with Crippen LogP contribution in [-0.2, 0) is 42.9 Å². The Hall–Kier alpha value is -1.38. The molecule has 0 aliphatic heterocycles. The van der Waals surface area contributed by atoms with Crippen LogP contribution in [0.3, 0.4) is 0 Å². The van der Waals surface area contributed by atoms with Gasteiger partial charge >= 0.3 is 16.4 Å². The average molecular weight is 339 g/mol. The second-order valence-electron chi connectivity index (χ2n) is 4.00. The van der Waals surface area contributed by atoms with Gasteiger partial charge in [0.05, 0.1) is 0 Å². The SMILES string of the molecule is N[C@@H](Cc1c[nH]c2ccccc12)C(=O)OS(=O)(=O)O.[Mn]. The molecule has 0 saturated carbocycles. The molecule has 7 nitrogen and oxygen atoms in total. The van der Waals surface area contributed by atoms with E-state index in [2.05, 4.69) is 9.17 Å². The molecule has 1 aromatic carbocycles. The Balaban J connectivity index is 0.00000200. The summed E-state index contributed by atoms with van der Waals surface area (Å²) >= 11 is 0. The quantitative estimate of drug-likeness (QED) is 0.547. The minimum absolute atomic E-state index is 0. The van der Waals surface area contributed by atoms with Crippen molar-refractivity contribution in [2.24, 2.45) is 5.73 Å². The predicted molar refractivity (Wildman–Crippen MR) is 67.6 cm³/mol. The van der Waals surface area contributed by atoms with Crippen molar-refractivity contribution in [2.75, 3.05) is 0 Å². The van der Waals surface area contributed by atoms with Crippen LogP contribution in [0.4, 0.5) is 0 Å². The van der Waals surface area contributed by atoms with Gasteiger partial charge in [0, 0.05) is 40.6 Å². The maximum Gasteiger partial charge on any atom is 0.449 e. The third-order valence-electron chi connectivity index (χ3n) is 2.60. The third kappa shape index (κ3) is 4.06. The van der Waals surface area contributed by atoms with Crippen molar-refractivity contribution >= 4 is 27.3 Å². The molecule has 20 heavy (non-hydrogen) atoms. The Morgan fingerprint density at radius 1 is 1.40 bits per heavy atom. The van der Waals surface area contributed by atoms with Crippen LogP contribution in [0.25, 0.3) is 10.9 Å². The van der Waals surface area contributed by atoms with E-state index in [1.165, 1.54) is 0 Å². The molecule has 0 bridgehead atoms. The van der Waals surface area contributed by atoms with E-state index >= 15 is 0 Å². The van der Waals surface area contributed by atoms with E-state index in [4.69, 9.17) is 10.3 Å². The molecule has 0 aliphatic rings. The summed E-state index contributed by atoms with van der Waals surface area (Å²) in [6.45, 7) is 0. The second-order valence-corrected chi connectivity index (χ2v) is 5.02. The number of fused-ring (bicyclic) bond motifs is 1. The van der Waals surface area contributed by atoms with Gasteiger partial charge in [0.1, 0.15) is 6.04 Å². The fraction of sp³-hybridized carbons (Fsp3) is 0.182. The summed E-state index contributed by atoms with van der Waals surface area (Å²) in [6, 6.07) is 6.22. The standard InChI is InChI=1S/C11H12N2O5S.Mn/c12-9(11(14)18-19(15,16)17)5-7-6-13-10-4-2-1-3-8(7)10;/h1-4,6,9,13H,5,12H2,(H,15,16,17);/t9-;/m0./s1. The molecule has 0 fully saturated rings. The number of H-pyrrole nitrogens is 1. The van der Waals surface area contributed by atoms with Gasteiger partial charge in [0.15, 0.2) is 0 Å². The Labute approximate surface area is 125 Å². The van der Waals surface area contributed by atoms with E-state index in [0.717, 1.165) is 16.5 Å². The van der Waals surface area contributed by atoms with Crippen molar-refractivity contribution in [2.45, 2.75) is 12.5 Å². The zero-order chi connectivity index (χ0) is 14.0. The smallest absolute Gasteiger partial charge is 0.361 e. The number of aromatic amines is 1. The van der Waals surface area contributed by atoms with Gasteiger partial charge in [-0.2, -0.15) is 8.42 Å². The number of hydrogen-bond acceptors (Lipinski definition) is 5. The fourth-order valence-electron chi connectivity index (χ4n) is 1.79.